The number of benzene rings is 1. The van der Waals surface area contributed by atoms with Crippen LogP contribution in [0.4, 0.5) is 0 Å². The van der Waals surface area contributed by atoms with Crippen LogP contribution in [0.25, 0.3) is 10.6 Å². The highest BCUT2D eigenvalue weighted by Crippen LogP contribution is 2.26. The predicted octanol–water partition coefficient (Wildman–Crippen LogP) is 3.65. The average Bonchev–Trinajstić information content (AvgIpc) is 2.78. The van der Waals surface area contributed by atoms with E-state index in [-0.39, 0.29) is 11.7 Å². The molecule has 2 aromatic rings. The summed E-state index contributed by atoms with van der Waals surface area (Å²) in [4.78, 5) is 16.8. The van der Waals surface area contributed by atoms with Gasteiger partial charge in [-0.05, 0) is 0 Å². The van der Waals surface area contributed by atoms with Gasteiger partial charge in [-0.25, -0.2) is 4.98 Å². The van der Waals surface area contributed by atoms with Crippen LogP contribution in [0.3, 0.4) is 0 Å². The number of rotatable bonds is 3. The van der Waals surface area contributed by atoms with Crippen molar-refractivity contribution in [1.82, 2.24) is 4.98 Å². The van der Waals surface area contributed by atoms with Crippen molar-refractivity contribution in [3.63, 3.8) is 0 Å². The van der Waals surface area contributed by atoms with Crippen molar-refractivity contribution in [3.8, 4) is 10.6 Å². The van der Waals surface area contributed by atoms with E-state index >= 15 is 0 Å². The second-order valence-electron chi connectivity index (χ2n) is 3.91. The van der Waals surface area contributed by atoms with E-state index in [1.807, 2.05) is 44.2 Å². The number of carbonyl (C=O) groups excluding carboxylic acids is 1. The van der Waals surface area contributed by atoms with Gasteiger partial charge in [0.05, 0.1) is 4.88 Å². The Hall–Kier alpha value is -1.48. The highest BCUT2D eigenvalue weighted by Gasteiger charge is 2.14. The lowest BCUT2D eigenvalue weighted by Gasteiger charge is -1.98. The Morgan fingerprint density at radius 3 is 2.56 bits per heavy atom. The van der Waals surface area contributed by atoms with E-state index in [1.165, 1.54) is 11.3 Å². The maximum absolute atomic E-state index is 11.8. The number of ketones is 1. The number of aromatic nitrogens is 1. The fourth-order valence-electron chi connectivity index (χ4n) is 1.39. The predicted molar refractivity (Wildman–Crippen MR) is 66.7 cm³/mol. The zero-order valence-corrected chi connectivity index (χ0v) is 10.1. The van der Waals surface area contributed by atoms with Gasteiger partial charge in [-0.3, -0.25) is 4.79 Å². The van der Waals surface area contributed by atoms with E-state index < -0.39 is 0 Å². The largest absolute Gasteiger partial charge is 0.293 e. The third kappa shape index (κ3) is 2.19. The summed E-state index contributed by atoms with van der Waals surface area (Å²) in [6.45, 7) is 3.81. The standard InChI is InChI=1S/C13H13NOS/c1-9(2)12(15)11-8-14-13(16-11)10-6-4-3-5-7-10/h3-9H,1-2H3. The summed E-state index contributed by atoms with van der Waals surface area (Å²) in [7, 11) is 0. The molecule has 0 unspecified atom stereocenters. The number of carbonyl (C=O) groups is 1. The third-order valence-electron chi connectivity index (χ3n) is 2.29. The molecule has 1 aromatic carbocycles. The van der Waals surface area contributed by atoms with Crippen LogP contribution in [0.2, 0.25) is 0 Å². The zero-order valence-electron chi connectivity index (χ0n) is 9.31. The molecule has 3 heteroatoms. The van der Waals surface area contributed by atoms with Crippen molar-refractivity contribution in [2.45, 2.75) is 13.8 Å². The van der Waals surface area contributed by atoms with Gasteiger partial charge in [-0.2, -0.15) is 0 Å². The van der Waals surface area contributed by atoms with Gasteiger partial charge < -0.3 is 0 Å². The molecule has 0 aliphatic carbocycles. The molecular weight excluding hydrogens is 218 g/mol. The molecule has 0 aliphatic rings. The molecule has 2 nitrogen and oxygen atoms in total. The van der Waals surface area contributed by atoms with Crippen molar-refractivity contribution in [3.05, 3.63) is 41.4 Å². The second kappa shape index (κ2) is 4.58. The molecule has 1 aromatic heterocycles. The second-order valence-corrected chi connectivity index (χ2v) is 4.95. The van der Waals surface area contributed by atoms with Gasteiger partial charge in [0.1, 0.15) is 5.01 Å². The van der Waals surface area contributed by atoms with Crippen LogP contribution < -0.4 is 0 Å². The lowest BCUT2D eigenvalue weighted by molar-refractivity contribution is 0.0943. The van der Waals surface area contributed by atoms with Crippen LogP contribution in [-0.4, -0.2) is 10.8 Å². The van der Waals surface area contributed by atoms with E-state index in [1.54, 1.807) is 6.20 Å². The molecule has 0 radical (unpaired) electrons. The number of thiazole rings is 1. The monoisotopic (exact) mass is 231 g/mol. The third-order valence-corrected chi connectivity index (χ3v) is 3.35. The molecule has 0 aliphatic heterocycles. The van der Waals surface area contributed by atoms with Crippen LogP contribution in [0.1, 0.15) is 23.5 Å². The first-order chi connectivity index (χ1) is 7.68. The van der Waals surface area contributed by atoms with Gasteiger partial charge in [0.15, 0.2) is 5.78 Å². The first kappa shape index (κ1) is 11.0. The summed E-state index contributed by atoms with van der Waals surface area (Å²) in [6.07, 6.45) is 1.68. The van der Waals surface area contributed by atoms with Crippen molar-refractivity contribution in [1.29, 1.82) is 0 Å². The molecule has 0 saturated carbocycles. The average molecular weight is 231 g/mol. The maximum Gasteiger partial charge on any atom is 0.176 e. The molecule has 0 amide bonds. The maximum atomic E-state index is 11.8. The Balaban J connectivity index is 2.30. The smallest absolute Gasteiger partial charge is 0.176 e. The van der Waals surface area contributed by atoms with E-state index in [9.17, 15) is 4.79 Å². The molecule has 0 atom stereocenters. The first-order valence-electron chi connectivity index (χ1n) is 5.24. The van der Waals surface area contributed by atoms with Crippen molar-refractivity contribution >= 4 is 17.1 Å². The van der Waals surface area contributed by atoms with Gasteiger partial charge in [-0.1, -0.05) is 44.2 Å². The molecule has 0 N–H and O–H groups in total. The normalized spacial score (nSPS) is 10.7. The van der Waals surface area contributed by atoms with E-state index in [4.69, 9.17) is 0 Å². The minimum Gasteiger partial charge on any atom is -0.293 e. The summed E-state index contributed by atoms with van der Waals surface area (Å²) >= 11 is 1.46. The molecule has 1 heterocycles. The lowest BCUT2D eigenvalue weighted by atomic mass is 10.1. The zero-order chi connectivity index (χ0) is 11.5. The topological polar surface area (TPSA) is 30.0 Å². The van der Waals surface area contributed by atoms with E-state index in [0.717, 1.165) is 15.4 Å². The van der Waals surface area contributed by atoms with Crippen molar-refractivity contribution in [2.75, 3.05) is 0 Å². The van der Waals surface area contributed by atoms with Crippen LogP contribution >= 0.6 is 11.3 Å². The number of Topliss-reactive ketones (excluding diaryl/α,β-unsaturated/α-hetero) is 1. The summed E-state index contributed by atoms with van der Waals surface area (Å²) in [5.41, 5.74) is 1.07. The van der Waals surface area contributed by atoms with Crippen LogP contribution in [0.5, 0.6) is 0 Å². The quantitative estimate of drug-likeness (QED) is 0.755. The number of hydrogen-bond acceptors (Lipinski definition) is 3. The molecule has 16 heavy (non-hydrogen) atoms. The fraction of sp³-hybridized carbons (Fsp3) is 0.231. The van der Waals surface area contributed by atoms with E-state index in [0.29, 0.717) is 0 Å². The van der Waals surface area contributed by atoms with Crippen molar-refractivity contribution < 1.29 is 4.79 Å². The summed E-state index contributed by atoms with van der Waals surface area (Å²) in [5, 5.41) is 0.907. The van der Waals surface area contributed by atoms with Crippen LogP contribution in [0, 0.1) is 5.92 Å². The van der Waals surface area contributed by atoms with Crippen LogP contribution in [0.15, 0.2) is 36.5 Å². The fourth-order valence-corrected chi connectivity index (χ4v) is 2.40. The van der Waals surface area contributed by atoms with Crippen LogP contribution in [-0.2, 0) is 0 Å². The Morgan fingerprint density at radius 1 is 1.25 bits per heavy atom. The summed E-state index contributed by atoms with van der Waals surface area (Å²) < 4.78 is 0. The van der Waals surface area contributed by atoms with Gasteiger partial charge >= 0.3 is 0 Å². The highest BCUT2D eigenvalue weighted by atomic mass is 32.1. The molecule has 82 valence electrons. The lowest BCUT2D eigenvalue weighted by Crippen LogP contribution is -2.04. The molecular formula is C13H13NOS. The summed E-state index contributed by atoms with van der Waals surface area (Å²) in [6, 6.07) is 9.92. The Labute approximate surface area is 99.0 Å². The molecule has 0 fully saturated rings. The van der Waals surface area contributed by atoms with Gasteiger partial charge in [0.25, 0.3) is 0 Å². The van der Waals surface area contributed by atoms with Gasteiger partial charge in [-0.15, -0.1) is 11.3 Å². The Morgan fingerprint density at radius 2 is 1.94 bits per heavy atom. The summed E-state index contributed by atoms with van der Waals surface area (Å²) in [5.74, 6) is 0.198. The molecule has 0 saturated heterocycles. The molecule has 0 spiro atoms. The van der Waals surface area contributed by atoms with Crippen molar-refractivity contribution in [2.24, 2.45) is 5.92 Å². The molecule has 0 bridgehead atoms. The molecule has 2 rings (SSSR count). The number of hydrogen-bond donors (Lipinski definition) is 0. The Bertz CT molecular complexity index is 488. The Kier molecular flexibility index (Phi) is 3.15. The minimum absolute atomic E-state index is 0.0315. The highest BCUT2D eigenvalue weighted by molar-refractivity contribution is 7.16. The van der Waals surface area contributed by atoms with Gasteiger partial charge in [0.2, 0.25) is 0 Å². The van der Waals surface area contributed by atoms with E-state index in [2.05, 4.69) is 4.98 Å². The number of nitrogens with zero attached hydrogens (tertiary/aromatic N) is 1. The SMILES string of the molecule is CC(C)C(=O)c1cnc(-c2ccccc2)s1. The first-order valence-corrected chi connectivity index (χ1v) is 6.05. The van der Waals surface area contributed by atoms with Gasteiger partial charge in [0, 0.05) is 17.7 Å². The minimum atomic E-state index is 0.0315.